The first-order valence-electron chi connectivity index (χ1n) is 8.53. The van der Waals surface area contributed by atoms with Crippen molar-refractivity contribution < 1.29 is 9.59 Å². The third-order valence-corrected chi connectivity index (χ3v) is 4.06. The minimum absolute atomic E-state index is 0.0779. The molecule has 0 aliphatic carbocycles. The third-order valence-electron chi connectivity index (χ3n) is 4.06. The largest absolute Gasteiger partial charge is 0.353 e. The Balaban J connectivity index is 2.79. The quantitative estimate of drug-likeness (QED) is 0.806. The van der Waals surface area contributed by atoms with Crippen LogP contribution in [0.3, 0.4) is 0 Å². The molecule has 0 heterocycles. The van der Waals surface area contributed by atoms with Crippen LogP contribution in [0.25, 0.3) is 0 Å². The Morgan fingerprint density at radius 3 is 2.29 bits per heavy atom. The van der Waals surface area contributed by atoms with Gasteiger partial charge < -0.3 is 10.6 Å². The van der Waals surface area contributed by atoms with Crippen molar-refractivity contribution in [3.05, 3.63) is 29.3 Å². The number of aryl methyl sites for hydroxylation is 1. The van der Waals surface area contributed by atoms with Crippen LogP contribution in [-0.2, 0) is 9.59 Å². The summed E-state index contributed by atoms with van der Waals surface area (Å²) in [6.45, 7) is 12.0. The zero-order chi connectivity index (χ0) is 18.4. The second-order valence-corrected chi connectivity index (χ2v) is 7.00. The van der Waals surface area contributed by atoms with Crippen molar-refractivity contribution >= 4 is 17.5 Å². The average Bonchev–Trinajstić information content (AvgIpc) is 2.46. The van der Waals surface area contributed by atoms with Gasteiger partial charge in [-0.05, 0) is 51.8 Å². The van der Waals surface area contributed by atoms with Crippen molar-refractivity contribution in [1.82, 2.24) is 10.2 Å². The first-order chi connectivity index (χ1) is 11.1. The Kier molecular flexibility index (Phi) is 7.42. The van der Waals surface area contributed by atoms with E-state index in [1.807, 2.05) is 45.9 Å². The fraction of sp³-hybridized carbons (Fsp3) is 0.579. The van der Waals surface area contributed by atoms with Gasteiger partial charge in [0.05, 0.1) is 12.6 Å². The summed E-state index contributed by atoms with van der Waals surface area (Å²) in [5.74, 6) is 0.141. The van der Waals surface area contributed by atoms with Gasteiger partial charge in [0.25, 0.3) is 0 Å². The van der Waals surface area contributed by atoms with Crippen LogP contribution >= 0.6 is 0 Å². The van der Waals surface area contributed by atoms with E-state index < -0.39 is 6.04 Å². The number of carbonyl (C=O) groups excluding carboxylic acids is 2. The van der Waals surface area contributed by atoms with Gasteiger partial charge in [-0.3, -0.25) is 14.5 Å². The van der Waals surface area contributed by atoms with Crippen molar-refractivity contribution in [1.29, 1.82) is 0 Å². The summed E-state index contributed by atoms with van der Waals surface area (Å²) in [5.41, 5.74) is 3.04. The number of amides is 2. The van der Waals surface area contributed by atoms with Crippen molar-refractivity contribution in [2.45, 2.75) is 59.5 Å². The summed E-state index contributed by atoms with van der Waals surface area (Å²) in [6, 6.07) is 5.73. The molecule has 1 atom stereocenters. The second kappa shape index (κ2) is 8.83. The molecule has 0 unspecified atom stereocenters. The SMILES string of the molecule is Cc1cccc(C(C)C)c1NC(=O)[C@@H](C)N(C)CC(=O)NC(C)C. The van der Waals surface area contributed by atoms with Gasteiger partial charge in [0, 0.05) is 11.7 Å². The molecule has 5 heteroatoms. The van der Waals surface area contributed by atoms with E-state index in [0.717, 1.165) is 16.8 Å². The first kappa shape index (κ1) is 20.2. The zero-order valence-corrected chi connectivity index (χ0v) is 15.9. The van der Waals surface area contributed by atoms with Gasteiger partial charge in [-0.2, -0.15) is 0 Å². The molecule has 0 saturated heterocycles. The lowest BCUT2D eigenvalue weighted by Gasteiger charge is -2.25. The van der Waals surface area contributed by atoms with Crippen molar-refractivity contribution in [2.75, 3.05) is 18.9 Å². The number of nitrogens with one attached hydrogen (secondary N) is 2. The molecule has 0 radical (unpaired) electrons. The van der Waals surface area contributed by atoms with E-state index in [2.05, 4.69) is 24.5 Å². The minimum Gasteiger partial charge on any atom is -0.353 e. The number of para-hydroxylation sites is 1. The molecular weight excluding hydrogens is 302 g/mol. The van der Waals surface area contributed by atoms with E-state index in [9.17, 15) is 9.59 Å². The molecule has 134 valence electrons. The monoisotopic (exact) mass is 333 g/mol. The van der Waals surface area contributed by atoms with Crippen LogP contribution in [-0.4, -0.2) is 42.4 Å². The maximum Gasteiger partial charge on any atom is 0.241 e. The summed E-state index contributed by atoms with van der Waals surface area (Å²) >= 11 is 0. The molecule has 1 aromatic rings. The number of carbonyl (C=O) groups is 2. The predicted octanol–water partition coefficient (Wildman–Crippen LogP) is 2.90. The Bertz CT molecular complexity index is 582. The van der Waals surface area contributed by atoms with E-state index in [1.54, 1.807) is 11.9 Å². The highest BCUT2D eigenvalue weighted by atomic mass is 16.2. The van der Waals surface area contributed by atoms with Gasteiger partial charge in [0.1, 0.15) is 0 Å². The van der Waals surface area contributed by atoms with Crippen LogP contribution < -0.4 is 10.6 Å². The zero-order valence-electron chi connectivity index (χ0n) is 15.9. The molecule has 2 N–H and O–H groups in total. The number of benzene rings is 1. The van der Waals surface area contributed by atoms with Crippen LogP contribution in [0.1, 0.15) is 51.7 Å². The van der Waals surface area contributed by atoms with E-state index in [1.165, 1.54) is 0 Å². The highest BCUT2D eigenvalue weighted by Gasteiger charge is 2.22. The molecule has 0 spiro atoms. The lowest BCUT2D eigenvalue weighted by atomic mass is 9.98. The van der Waals surface area contributed by atoms with Crippen LogP contribution in [0, 0.1) is 6.92 Å². The highest BCUT2D eigenvalue weighted by Crippen LogP contribution is 2.27. The van der Waals surface area contributed by atoms with Crippen LogP contribution in [0.15, 0.2) is 18.2 Å². The molecule has 1 rings (SSSR count). The lowest BCUT2D eigenvalue weighted by Crippen LogP contribution is -2.46. The predicted molar refractivity (Wildman–Crippen MR) is 99.3 cm³/mol. The maximum atomic E-state index is 12.6. The number of likely N-dealkylation sites (N-methyl/N-ethyl adjacent to an activating group) is 1. The summed E-state index contributed by atoms with van der Waals surface area (Å²) in [7, 11) is 1.78. The fourth-order valence-electron chi connectivity index (χ4n) is 2.50. The Labute approximate surface area is 145 Å². The van der Waals surface area contributed by atoms with Crippen molar-refractivity contribution in [2.24, 2.45) is 0 Å². The highest BCUT2D eigenvalue weighted by molar-refractivity contribution is 5.96. The van der Waals surface area contributed by atoms with E-state index in [4.69, 9.17) is 0 Å². The molecule has 24 heavy (non-hydrogen) atoms. The van der Waals surface area contributed by atoms with Crippen molar-refractivity contribution in [3.63, 3.8) is 0 Å². The number of hydrogen-bond donors (Lipinski definition) is 2. The van der Waals surface area contributed by atoms with Crippen LogP contribution in [0.2, 0.25) is 0 Å². The van der Waals surface area contributed by atoms with Gasteiger partial charge in [-0.1, -0.05) is 32.0 Å². The molecule has 0 aliphatic rings. The summed E-state index contributed by atoms with van der Waals surface area (Å²) in [6.07, 6.45) is 0. The fourth-order valence-corrected chi connectivity index (χ4v) is 2.50. The van der Waals surface area contributed by atoms with E-state index >= 15 is 0 Å². The van der Waals surface area contributed by atoms with Gasteiger partial charge in [0.15, 0.2) is 0 Å². The first-order valence-corrected chi connectivity index (χ1v) is 8.53. The molecule has 1 aromatic carbocycles. The molecule has 0 saturated carbocycles. The lowest BCUT2D eigenvalue weighted by molar-refractivity contribution is -0.125. The molecule has 0 aliphatic heterocycles. The van der Waals surface area contributed by atoms with Crippen molar-refractivity contribution in [3.8, 4) is 0 Å². The smallest absolute Gasteiger partial charge is 0.241 e. The van der Waals surface area contributed by atoms with Crippen LogP contribution in [0.5, 0.6) is 0 Å². The molecule has 0 bridgehead atoms. The molecule has 2 amide bonds. The third kappa shape index (κ3) is 5.64. The Hall–Kier alpha value is -1.88. The standard InChI is InChI=1S/C19H31N3O2/c1-12(2)16-10-8-9-14(5)18(16)21-19(24)15(6)22(7)11-17(23)20-13(3)4/h8-10,12-13,15H,11H2,1-7H3,(H,20,23)(H,21,24)/t15-/m1/s1. The number of anilines is 1. The van der Waals surface area contributed by atoms with Gasteiger partial charge in [0.2, 0.25) is 11.8 Å². The van der Waals surface area contributed by atoms with E-state index in [0.29, 0.717) is 5.92 Å². The summed E-state index contributed by atoms with van der Waals surface area (Å²) in [4.78, 5) is 26.2. The molecule has 0 fully saturated rings. The van der Waals surface area contributed by atoms with E-state index in [-0.39, 0.29) is 24.4 Å². The van der Waals surface area contributed by atoms with Crippen LogP contribution in [0.4, 0.5) is 5.69 Å². The maximum absolute atomic E-state index is 12.6. The summed E-state index contributed by atoms with van der Waals surface area (Å²) in [5, 5.41) is 5.88. The topological polar surface area (TPSA) is 61.4 Å². The Morgan fingerprint density at radius 1 is 1.12 bits per heavy atom. The van der Waals surface area contributed by atoms with Gasteiger partial charge in [-0.15, -0.1) is 0 Å². The average molecular weight is 333 g/mol. The molecular formula is C19H31N3O2. The number of rotatable bonds is 7. The summed E-state index contributed by atoms with van der Waals surface area (Å²) < 4.78 is 0. The minimum atomic E-state index is -0.400. The number of hydrogen-bond acceptors (Lipinski definition) is 3. The van der Waals surface area contributed by atoms with Gasteiger partial charge >= 0.3 is 0 Å². The molecule has 5 nitrogen and oxygen atoms in total. The second-order valence-electron chi connectivity index (χ2n) is 7.00. The Morgan fingerprint density at radius 2 is 1.75 bits per heavy atom. The molecule has 0 aromatic heterocycles. The normalized spacial score (nSPS) is 12.6. The van der Waals surface area contributed by atoms with Gasteiger partial charge in [-0.25, -0.2) is 0 Å². The number of nitrogens with zero attached hydrogens (tertiary/aromatic N) is 1.